The Morgan fingerprint density at radius 3 is 2.44 bits per heavy atom. The predicted molar refractivity (Wildman–Crippen MR) is 68.9 cm³/mol. The molecule has 1 aliphatic rings. The SMILES string of the molecule is NCc1ccc(N2CCSCC2)c(C(F)(F)F)c1. The molecule has 0 amide bonds. The maximum atomic E-state index is 13.0. The second-order valence-electron chi connectivity index (χ2n) is 4.15. The minimum Gasteiger partial charge on any atom is -0.369 e. The van der Waals surface area contributed by atoms with E-state index in [0.717, 1.165) is 17.6 Å². The van der Waals surface area contributed by atoms with Crippen LogP contribution in [-0.4, -0.2) is 24.6 Å². The van der Waals surface area contributed by atoms with Gasteiger partial charge in [-0.2, -0.15) is 24.9 Å². The van der Waals surface area contributed by atoms with Crippen LogP contribution in [-0.2, 0) is 12.7 Å². The fourth-order valence-corrected chi connectivity index (χ4v) is 2.92. The fraction of sp³-hybridized carbons (Fsp3) is 0.500. The summed E-state index contributed by atoms with van der Waals surface area (Å²) in [5.41, 5.74) is 5.62. The Morgan fingerprint density at radius 2 is 1.89 bits per heavy atom. The zero-order chi connectivity index (χ0) is 13.2. The van der Waals surface area contributed by atoms with Crippen molar-refractivity contribution in [3.8, 4) is 0 Å². The van der Waals surface area contributed by atoms with Gasteiger partial charge in [-0.1, -0.05) is 6.07 Å². The van der Waals surface area contributed by atoms with Crippen molar-refractivity contribution in [2.24, 2.45) is 5.73 Å². The normalized spacial score (nSPS) is 17.0. The zero-order valence-electron chi connectivity index (χ0n) is 9.83. The Bertz CT molecular complexity index is 414. The smallest absolute Gasteiger partial charge is 0.369 e. The van der Waals surface area contributed by atoms with E-state index in [9.17, 15) is 13.2 Å². The Hall–Kier alpha value is -0.880. The zero-order valence-corrected chi connectivity index (χ0v) is 10.7. The summed E-state index contributed by atoms with van der Waals surface area (Å²) in [7, 11) is 0. The Kier molecular flexibility index (Phi) is 4.07. The molecule has 0 spiro atoms. The molecule has 1 aromatic rings. The van der Waals surface area contributed by atoms with Crippen LogP contribution >= 0.6 is 11.8 Å². The van der Waals surface area contributed by atoms with Gasteiger partial charge in [-0.3, -0.25) is 0 Å². The summed E-state index contributed by atoms with van der Waals surface area (Å²) in [6, 6.07) is 4.38. The highest BCUT2D eigenvalue weighted by Gasteiger charge is 2.35. The van der Waals surface area contributed by atoms with Gasteiger partial charge >= 0.3 is 6.18 Å². The number of benzene rings is 1. The lowest BCUT2D eigenvalue weighted by atomic mass is 10.1. The van der Waals surface area contributed by atoms with Gasteiger partial charge in [-0.15, -0.1) is 0 Å². The lowest BCUT2D eigenvalue weighted by molar-refractivity contribution is -0.137. The van der Waals surface area contributed by atoms with Gasteiger partial charge in [-0.05, 0) is 17.7 Å². The Labute approximate surface area is 108 Å². The minimum absolute atomic E-state index is 0.124. The maximum absolute atomic E-state index is 13.0. The van der Waals surface area contributed by atoms with Crippen molar-refractivity contribution >= 4 is 17.4 Å². The molecule has 2 N–H and O–H groups in total. The number of hydrogen-bond donors (Lipinski definition) is 1. The lowest BCUT2D eigenvalue weighted by Crippen LogP contribution is -2.34. The molecule has 100 valence electrons. The summed E-state index contributed by atoms with van der Waals surface area (Å²) in [4.78, 5) is 1.81. The first kappa shape index (κ1) is 13.5. The van der Waals surface area contributed by atoms with Crippen LogP contribution in [0.2, 0.25) is 0 Å². The number of halogens is 3. The van der Waals surface area contributed by atoms with Crippen molar-refractivity contribution in [2.45, 2.75) is 12.7 Å². The molecule has 0 unspecified atom stereocenters. The van der Waals surface area contributed by atoms with Gasteiger partial charge in [0.15, 0.2) is 0 Å². The molecule has 0 aliphatic carbocycles. The van der Waals surface area contributed by atoms with Gasteiger partial charge < -0.3 is 10.6 Å². The third kappa shape index (κ3) is 2.92. The predicted octanol–water partition coefficient (Wildman–Crippen LogP) is 2.72. The second kappa shape index (κ2) is 5.40. The molecule has 6 heteroatoms. The van der Waals surface area contributed by atoms with E-state index in [0.29, 0.717) is 18.7 Å². The highest BCUT2D eigenvalue weighted by molar-refractivity contribution is 7.99. The van der Waals surface area contributed by atoms with Gasteiger partial charge in [-0.25, -0.2) is 0 Å². The van der Waals surface area contributed by atoms with E-state index in [1.54, 1.807) is 28.8 Å². The largest absolute Gasteiger partial charge is 0.418 e. The molecule has 1 saturated heterocycles. The van der Waals surface area contributed by atoms with E-state index < -0.39 is 11.7 Å². The lowest BCUT2D eigenvalue weighted by Gasteiger charge is -2.31. The summed E-state index contributed by atoms with van der Waals surface area (Å²) in [6.45, 7) is 1.45. The molecular formula is C12H15F3N2S. The molecule has 0 bridgehead atoms. The van der Waals surface area contributed by atoms with Crippen LogP contribution in [0.3, 0.4) is 0 Å². The van der Waals surface area contributed by atoms with Gasteiger partial charge in [0.05, 0.1) is 5.56 Å². The van der Waals surface area contributed by atoms with E-state index in [1.165, 1.54) is 0 Å². The third-order valence-corrected chi connectivity index (χ3v) is 3.90. The van der Waals surface area contributed by atoms with Crippen LogP contribution in [0.1, 0.15) is 11.1 Å². The molecular weight excluding hydrogens is 261 g/mol. The molecule has 1 aromatic carbocycles. The first-order valence-electron chi connectivity index (χ1n) is 5.75. The number of thioether (sulfide) groups is 1. The quantitative estimate of drug-likeness (QED) is 0.900. The maximum Gasteiger partial charge on any atom is 0.418 e. The first-order valence-corrected chi connectivity index (χ1v) is 6.90. The number of nitrogens with zero attached hydrogens (tertiary/aromatic N) is 1. The molecule has 1 aliphatic heterocycles. The standard InChI is InChI=1S/C12H15F3N2S/c13-12(14,15)10-7-9(8-16)1-2-11(10)17-3-5-18-6-4-17/h1-2,7H,3-6,8,16H2. The van der Waals surface area contributed by atoms with Crippen LogP contribution in [0.4, 0.5) is 18.9 Å². The minimum atomic E-state index is -4.33. The van der Waals surface area contributed by atoms with Crippen molar-refractivity contribution in [1.82, 2.24) is 0 Å². The van der Waals surface area contributed by atoms with Crippen LogP contribution in [0.25, 0.3) is 0 Å². The number of nitrogens with two attached hydrogens (primary N) is 1. The van der Waals surface area contributed by atoms with Gasteiger partial charge in [0.25, 0.3) is 0 Å². The topological polar surface area (TPSA) is 29.3 Å². The average Bonchev–Trinajstić information content (AvgIpc) is 2.38. The molecule has 0 radical (unpaired) electrons. The molecule has 0 saturated carbocycles. The van der Waals surface area contributed by atoms with E-state index in [2.05, 4.69) is 0 Å². The van der Waals surface area contributed by atoms with Crippen molar-refractivity contribution < 1.29 is 13.2 Å². The number of alkyl halides is 3. The van der Waals surface area contributed by atoms with Crippen LogP contribution < -0.4 is 10.6 Å². The van der Waals surface area contributed by atoms with Crippen molar-refractivity contribution in [3.05, 3.63) is 29.3 Å². The van der Waals surface area contributed by atoms with Crippen LogP contribution in [0, 0.1) is 0 Å². The molecule has 2 nitrogen and oxygen atoms in total. The summed E-state index contributed by atoms with van der Waals surface area (Å²) >= 11 is 1.77. The number of anilines is 1. The van der Waals surface area contributed by atoms with E-state index >= 15 is 0 Å². The molecule has 18 heavy (non-hydrogen) atoms. The molecule has 1 heterocycles. The highest BCUT2D eigenvalue weighted by atomic mass is 32.2. The van der Waals surface area contributed by atoms with Crippen LogP contribution in [0.15, 0.2) is 18.2 Å². The summed E-state index contributed by atoms with van der Waals surface area (Å²) in [5, 5.41) is 0. The Morgan fingerprint density at radius 1 is 1.22 bits per heavy atom. The van der Waals surface area contributed by atoms with Crippen molar-refractivity contribution in [2.75, 3.05) is 29.5 Å². The van der Waals surface area contributed by atoms with Crippen molar-refractivity contribution in [3.63, 3.8) is 0 Å². The summed E-state index contributed by atoms with van der Waals surface area (Å²) < 4.78 is 39.1. The molecule has 2 rings (SSSR count). The highest BCUT2D eigenvalue weighted by Crippen LogP contribution is 2.37. The average molecular weight is 276 g/mol. The van der Waals surface area contributed by atoms with E-state index in [1.807, 2.05) is 0 Å². The monoisotopic (exact) mass is 276 g/mol. The van der Waals surface area contributed by atoms with Gasteiger partial charge in [0.1, 0.15) is 0 Å². The third-order valence-electron chi connectivity index (χ3n) is 2.95. The molecule has 1 fully saturated rings. The van der Waals surface area contributed by atoms with E-state index in [4.69, 9.17) is 5.73 Å². The summed E-state index contributed by atoms with van der Waals surface area (Å²) in [6.07, 6.45) is -4.33. The molecule has 0 aromatic heterocycles. The van der Waals surface area contributed by atoms with Crippen molar-refractivity contribution in [1.29, 1.82) is 0 Å². The molecule has 0 atom stereocenters. The van der Waals surface area contributed by atoms with E-state index in [-0.39, 0.29) is 12.2 Å². The number of hydrogen-bond acceptors (Lipinski definition) is 3. The first-order chi connectivity index (χ1) is 8.52. The van der Waals surface area contributed by atoms with Gasteiger partial charge in [0, 0.05) is 36.8 Å². The summed E-state index contributed by atoms with van der Waals surface area (Å²) in [5.74, 6) is 1.74. The fourth-order valence-electron chi connectivity index (χ4n) is 2.02. The van der Waals surface area contributed by atoms with Crippen LogP contribution in [0.5, 0.6) is 0 Å². The van der Waals surface area contributed by atoms with Gasteiger partial charge in [0.2, 0.25) is 0 Å². The number of rotatable bonds is 2. The Balaban J connectivity index is 2.38. The second-order valence-corrected chi connectivity index (χ2v) is 5.38.